The Labute approximate surface area is 67.7 Å². The van der Waals surface area contributed by atoms with Crippen molar-refractivity contribution in [1.82, 2.24) is 9.97 Å². The Kier molecular flexibility index (Phi) is 1.63. The van der Waals surface area contributed by atoms with Gasteiger partial charge in [-0.1, -0.05) is 0 Å². The summed E-state index contributed by atoms with van der Waals surface area (Å²) in [6.45, 7) is 0.154. The number of imidazole rings is 1. The quantitative estimate of drug-likeness (QED) is 0.707. The monoisotopic (exact) mass is 168 g/mol. The summed E-state index contributed by atoms with van der Waals surface area (Å²) in [4.78, 5) is 8.40. The molecule has 2 rings (SSSR count). The predicted octanol–water partition coefficient (Wildman–Crippen LogP) is 1.16. The van der Waals surface area contributed by atoms with Crippen molar-refractivity contribution in [3.8, 4) is 0 Å². The molecule has 2 heterocycles. The molecule has 0 aromatic carbocycles. The second-order valence-corrected chi connectivity index (χ2v) is 3.19. The molecule has 3 nitrogen and oxygen atoms in total. The summed E-state index contributed by atoms with van der Waals surface area (Å²) in [5.41, 5.74) is 1.07. The number of fused-ring (bicyclic) bond motifs is 1. The van der Waals surface area contributed by atoms with Gasteiger partial charge < -0.3 is 10.1 Å². The van der Waals surface area contributed by atoms with Gasteiger partial charge in [-0.05, 0) is 11.4 Å². The van der Waals surface area contributed by atoms with Crippen LogP contribution in [0.5, 0.6) is 0 Å². The van der Waals surface area contributed by atoms with Crippen molar-refractivity contribution in [2.24, 2.45) is 0 Å². The maximum Gasteiger partial charge on any atom is 0.141 e. The summed E-state index contributed by atoms with van der Waals surface area (Å²) >= 11 is 1.61. The molecule has 0 saturated carbocycles. The van der Waals surface area contributed by atoms with Crippen LogP contribution in [0.4, 0.5) is 0 Å². The fourth-order valence-electron chi connectivity index (χ4n) is 1.01. The van der Waals surface area contributed by atoms with Gasteiger partial charge in [0.25, 0.3) is 0 Å². The number of thiophene rings is 1. The molecule has 11 heavy (non-hydrogen) atoms. The van der Waals surface area contributed by atoms with Gasteiger partial charge in [-0.2, -0.15) is 0 Å². The lowest BCUT2D eigenvalue weighted by molar-refractivity contribution is 0.297. The Morgan fingerprint density at radius 3 is 3.27 bits per heavy atom. The molecule has 0 radical (unpaired) electrons. The number of aromatic nitrogens is 2. The first kappa shape index (κ1) is 6.82. The summed E-state index contributed by atoms with van der Waals surface area (Å²) in [5.74, 6) is 0.870. The highest BCUT2D eigenvalue weighted by Gasteiger charge is 2.01. The van der Waals surface area contributed by atoms with Crippen LogP contribution in [-0.2, 0) is 6.42 Å². The molecule has 2 N–H and O–H groups in total. The summed E-state index contributed by atoms with van der Waals surface area (Å²) in [5, 5.41) is 10.6. The first-order valence-corrected chi connectivity index (χ1v) is 4.31. The lowest BCUT2D eigenvalue weighted by Crippen LogP contribution is -1.91. The Morgan fingerprint density at radius 1 is 1.64 bits per heavy atom. The first-order chi connectivity index (χ1) is 5.40. The Morgan fingerprint density at radius 2 is 2.55 bits per heavy atom. The van der Waals surface area contributed by atoms with Crippen LogP contribution < -0.4 is 0 Å². The van der Waals surface area contributed by atoms with Crippen LogP contribution in [0.2, 0.25) is 0 Å². The van der Waals surface area contributed by atoms with Crippen molar-refractivity contribution in [3.05, 3.63) is 17.3 Å². The van der Waals surface area contributed by atoms with Crippen LogP contribution in [0.15, 0.2) is 11.4 Å². The fraction of sp³-hybridized carbons (Fsp3) is 0.286. The fourth-order valence-corrected chi connectivity index (χ4v) is 1.76. The van der Waals surface area contributed by atoms with Gasteiger partial charge in [0.15, 0.2) is 0 Å². The first-order valence-electron chi connectivity index (χ1n) is 3.43. The van der Waals surface area contributed by atoms with Crippen molar-refractivity contribution in [2.45, 2.75) is 6.42 Å². The third kappa shape index (κ3) is 1.15. The number of H-pyrrole nitrogens is 1. The van der Waals surface area contributed by atoms with Gasteiger partial charge >= 0.3 is 0 Å². The average Bonchev–Trinajstić information content (AvgIpc) is 2.46. The largest absolute Gasteiger partial charge is 0.396 e. The molecule has 0 saturated heterocycles. The van der Waals surface area contributed by atoms with Gasteiger partial charge in [0, 0.05) is 6.42 Å². The Balaban J connectivity index is 2.42. The zero-order chi connectivity index (χ0) is 7.68. The van der Waals surface area contributed by atoms with Crippen molar-refractivity contribution < 1.29 is 5.11 Å². The molecule has 2 aromatic rings. The molecular formula is C7H8N2OS. The molecule has 58 valence electrons. The van der Waals surface area contributed by atoms with Crippen LogP contribution in [0, 0.1) is 0 Å². The predicted molar refractivity (Wildman–Crippen MR) is 44.8 cm³/mol. The Bertz CT molecular complexity index is 323. The van der Waals surface area contributed by atoms with E-state index in [-0.39, 0.29) is 6.61 Å². The molecule has 0 unspecified atom stereocenters. The van der Waals surface area contributed by atoms with Gasteiger partial charge in [0.05, 0.1) is 12.1 Å². The van der Waals surface area contributed by atoms with Crippen molar-refractivity contribution in [2.75, 3.05) is 6.61 Å². The van der Waals surface area contributed by atoms with Gasteiger partial charge in [-0.15, -0.1) is 11.3 Å². The van der Waals surface area contributed by atoms with Gasteiger partial charge in [-0.25, -0.2) is 4.98 Å². The van der Waals surface area contributed by atoms with Gasteiger partial charge in [-0.3, -0.25) is 0 Å². The van der Waals surface area contributed by atoms with E-state index in [0.29, 0.717) is 6.42 Å². The molecule has 0 amide bonds. The van der Waals surface area contributed by atoms with Crippen LogP contribution in [-0.4, -0.2) is 21.7 Å². The van der Waals surface area contributed by atoms with E-state index in [1.807, 2.05) is 11.4 Å². The normalized spacial score (nSPS) is 11.0. The lowest BCUT2D eigenvalue weighted by Gasteiger charge is -1.86. The number of aliphatic hydroxyl groups excluding tert-OH is 1. The van der Waals surface area contributed by atoms with Crippen LogP contribution in [0.3, 0.4) is 0 Å². The highest BCUT2D eigenvalue weighted by atomic mass is 32.1. The second kappa shape index (κ2) is 2.64. The minimum atomic E-state index is 0.154. The zero-order valence-electron chi connectivity index (χ0n) is 5.87. The van der Waals surface area contributed by atoms with Crippen LogP contribution in [0.25, 0.3) is 10.3 Å². The number of hydrogen-bond donors (Lipinski definition) is 2. The number of aromatic amines is 1. The van der Waals surface area contributed by atoms with Crippen molar-refractivity contribution >= 4 is 21.7 Å². The van der Waals surface area contributed by atoms with Crippen LogP contribution in [0.1, 0.15) is 5.82 Å². The van der Waals surface area contributed by atoms with E-state index < -0.39 is 0 Å². The van der Waals surface area contributed by atoms with Crippen molar-refractivity contribution in [3.63, 3.8) is 0 Å². The molecular weight excluding hydrogens is 160 g/mol. The van der Waals surface area contributed by atoms with E-state index in [1.165, 1.54) is 0 Å². The zero-order valence-corrected chi connectivity index (χ0v) is 6.69. The highest BCUT2D eigenvalue weighted by molar-refractivity contribution is 7.16. The summed E-state index contributed by atoms with van der Waals surface area (Å²) in [6, 6.07) is 1.99. The van der Waals surface area contributed by atoms with E-state index in [0.717, 1.165) is 16.2 Å². The summed E-state index contributed by atoms with van der Waals surface area (Å²) in [6.07, 6.45) is 0.612. The number of hydrogen-bond acceptors (Lipinski definition) is 3. The maximum absolute atomic E-state index is 8.63. The molecule has 2 aromatic heterocycles. The van der Waals surface area contributed by atoms with Crippen LogP contribution >= 0.6 is 11.3 Å². The van der Waals surface area contributed by atoms with E-state index >= 15 is 0 Å². The molecule has 4 heteroatoms. The summed E-state index contributed by atoms with van der Waals surface area (Å²) < 4.78 is 0. The molecule has 0 aliphatic heterocycles. The molecule has 0 fully saturated rings. The van der Waals surface area contributed by atoms with E-state index in [9.17, 15) is 0 Å². The van der Waals surface area contributed by atoms with Crippen molar-refractivity contribution in [1.29, 1.82) is 0 Å². The van der Waals surface area contributed by atoms with Gasteiger partial charge in [0.1, 0.15) is 10.7 Å². The van der Waals surface area contributed by atoms with E-state index in [1.54, 1.807) is 11.3 Å². The number of rotatable bonds is 2. The number of aliphatic hydroxyl groups is 1. The Hall–Kier alpha value is -0.870. The second-order valence-electron chi connectivity index (χ2n) is 2.30. The molecule has 0 aliphatic rings. The van der Waals surface area contributed by atoms with Gasteiger partial charge in [0.2, 0.25) is 0 Å². The third-order valence-electron chi connectivity index (χ3n) is 1.51. The maximum atomic E-state index is 8.63. The topological polar surface area (TPSA) is 48.9 Å². The highest BCUT2D eigenvalue weighted by Crippen LogP contribution is 2.17. The van der Waals surface area contributed by atoms with E-state index in [2.05, 4.69) is 9.97 Å². The number of nitrogens with zero attached hydrogens (tertiary/aromatic N) is 1. The summed E-state index contributed by atoms with van der Waals surface area (Å²) in [7, 11) is 0. The number of nitrogens with one attached hydrogen (secondary N) is 1. The minimum Gasteiger partial charge on any atom is -0.396 e. The molecule has 0 bridgehead atoms. The minimum absolute atomic E-state index is 0.154. The molecule has 0 spiro atoms. The smallest absolute Gasteiger partial charge is 0.141 e. The average molecular weight is 168 g/mol. The third-order valence-corrected chi connectivity index (χ3v) is 2.32. The molecule has 0 aliphatic carbocycles. The van der Waals surface area contributed by atoms with E-state index in [4.69, 9.17) is 5.11 Å². The molecule has 0 atom stereocenters. The standard InChI is InChI=1S/C7H8N2OS/c10-3-1-6-8-5-2-4-11-7(5)9-6/h2,4,10H,1,3H2,(H,8,9). The SMILES string of the molecule is OCCc1nc2sccc2[nH]1. The lowest BCUT2D eigenvalue weighted by atomic mass is 10.4.